The zero-order valence-corrected chi connectivity index (χ0v) is 19.2. The van der Waals surface area contributed by atoms with E-state index in [1.165, 1.54) is 11.3 Å². The van der Waals surface area contributed by atoms with Crippen LogP contribution in [0, 0.1) is 0 Å². The first-order valence-electron chi connectivity index (χ1n) is 10.3. The molecule has 2 aromatic carbocycles. The highest BCUT2D eigenvalue weighted by Gasteiger charge is 2.13. The number of benzene rings is 2. The third-order valence-corrected chi connectivity index (χ3v) is 6.22. The summed E-state index contributed by atoms with van der Waals surface area (Å²) in [5, 5.41) is 1.08. The number of thiophene rings is 1. The lowest BCUT2D eigenvalue weighted by molar-refractivity contribution is -0.142. The molecule has 0 spiro atoms. The van der Waals surface area contributed by atoms with Gasteiger partial charge < -0.3 is 15.2 Å². The molecule has 0 amide bonds. The third kappa shape index (κ3) is 5.10. The van der Waals surface area contributed by atoms with Crippen molar-refractivity contribution in [3.63, 3.8) is 0 Å². The standard InChI is InChI=1S/C25H23ClN2O3S/c1-2-30-25(29)12-18-5-3-4-6-22(18)31-15-16-9-20(17-7-8-28-19(11-17)14-27)21-13-24(26)32-23(21)10-16/h3-11,13H,2,12,14-15,27H2,1H3. The maximum atomic E-state index is 11.9. The molecule has 4 aromatic rings. The SMILES string of the molecule is CCOC(=O)Cc1ccccc1OCc1cc(-c2ccnc(CN)c2)c2cc(Cl)sc2c1. The molecule has 0 bridgehead atoms. The minimum Gasteiger partial charge on any atom is -0.489 e. The van der Waals surface area contributed by atoms with Crippen LogP contribution >= 0.6 is 22.9 Å². The summed E-state index contributed by atoms with van der Waals surface area (Å²) in [6.45, 7) is 2.88. The van der Waals surface area contributed by atoms with Crippen molar-refractivity contribution in [3.8, 4) is 16.9 Å². The lowest BCUT2D eigenvalue weighted by Crippen LogP contribution is -2.09. The molecule has 2 aromatic heterocycles. The van der Waals surface area contributed by atoms with Crippen LogP contribution in [-0.2, 0) is 29.1 Å². The molecule has 0 radical (unpaired) electrons. The number of esters is 1. The first-order valence-corrected chi connectivity index (χ1v) is 11.5. The second-order valence-corrected chi connectivity index (χ2v) is 8.94. The van der Waals surface area contributed by atoms with Crippen molar-refractivity contribution in [3.05, 3.63) is 82.0 Å². The number of pyridine rings is 1. The number of aromatic nitrogens is 1. The predicted molar refractivity (Wildman–Crippen MR) is 129 cm³/mol. The van der Waals surface area contributed by atoms with Gasteiger partial charge in [0.15, 0.2) is 0 Å². The van der Waals surface area contributed by atoms with Crippen LogP contribution in [0.3, 0.4) is 0 Å². The van der Waals surface area contributed by atoms with E-state index in [1.54, 1.807) is 13.1 Å². The highest BCUT2D eigenvalue weighted by atomic mass is 35.5. The Morgan fingerprint density at radius 1 is 1.16 bits per heavy atom. The minimum absolute atomic E-state index is 0.174. The Labute approximate surface area is 195 Å². The predicted octanol–water partition coefficient (Wildman–Crippen LogP) is 5.76. The van der Waals surface area contributed by atoms with Crippen LogP contribution in [0.1, 0.15) is 23.7 Å². The Balaban J connectivity index is 1.64. The van der Waals surface area contributed by atoms with Crippen LogP contribution in [0.25, 0.3) is 21.2 Å². The largest absolute Gasteiger partial charge is 0.489 e. The van der Waals surface area contributed by atoms with Gasteiger partial charge in [0.1, 0.15) is 12.4 Å². The van der Waals surface area contributed by atoms with E-state index in [-0.39, 0.29) is 12.4 Å². The van der Waals surface area contributed by atoms with E-state index >= 15 is 0 Å². The van der Waals surface area contributed by atoms with Crippen molar-refractivity contribution in [2.75, 3.05) is 6.61 Å². The highest BCUT2D eigenvalue weighted by Crippen LogP contribution is 2.38. The number of nitrogens with two attached hydrogens (primary N) is 1. The summed E-state index contributed by atoms with van der Waals surface area (Å²) in [6, 6.07) is 17.7. The number of nitrogens with zero attached hydrogens (tertiary/aromatic N) is 1. The average Bonchev–Trinajstić information content (AvgIpc) is 3.18. The van der Waals surface area contributed by atoms with E-state index in [0.29, 0.717) is 25.5 Å². The first kappa shape index (κ1) is 22.3. The molecule has 0 fully saturated rings. The molecule has 2 N–H and O–H groups in total. The van der Waals surface area contributed by atoms with Crippen LogP contribution in [0.2, 0.25) is 4.34 Å². The zero-order valence-electron chi connectivity index (χ0n) is 17.6. The van der Waals surface area contributed by atoms with Crippen LogP contribution in [-0.4, -0.2) is 17.6 Å². The molecule has 0 aliphatic carbocycles. The number of para-hydroxylation sites is 1. The van der Waals surface area contributed by atoms with Crippen molar-refractivity contribution >= 4 is 39.0 Å². The number of ether oxygens (including phenoxy) is 2. The molecule has 164 valence electrons. The number of rotatable bonds is 8. The molecule has 5 nitrogen and oxygen atoms in total. The van der Waals surface area contributed by atoms with Gasteiger partial charge in [-0.15, -0.1) is 11.3 Å². The number of halogens is 1. The Kier molecular flexibility index (Phi) is 7.05. The fraction of sp³-hybridized carbons (Fsp3) is 0.200. The van der Waals surface area contributed by atoms with Gasteiger partial charge in [0.05, 0.1) is 23.1 Å². The Morgan fingerprint density at radius 3 is 2.81 bits per heavy atom. The Hall–Kier alpha value is -2.93. The summed E-state index contributed by atoms with van der Waals surface area (Å²) in [5.41, 5.74) is 10.5. The van der Waals surface area contributed by atoms with Gasteiger partial charge in [-0.1, -0.05) is 29.8 Å². The fourth-order valence-corrected chi connectivity index (χ4v) is 4.80. The quantitative estimate of drug-likeness (QED) is 0.334. The molecular formula is C25H23ClN2O3S. The zero-order chi connectivity index (χ0) is 22.5. The van der Waals surface area contributed by atoms with Gasteiger partial charge in [-0.3, -0.25) is 9.78 Å². The normalized spacial score (nSPS) is 11.0. The lowest BCUT2D eigenvalue weighted by Gasteiger charge is -2.13. The monoisotopic (exact) mass is 466 g/mol. The number of carbonyl (C=O) groups excluding carboxylic acids is 1. The topological polar surface area (TPSA) is 74.4 Å². The summed E-state index contributed by atoms with van der Waals surface area (Å²) in [5.74, 6) is 0.398. The molecule has 0 atom stereocenters. The van der Waals surface area contributed by atoms with E-state index in [9.17, 15) is 4.79 Å². The second kappa shape index (κ2) is 10.1. The highest BCUT2D eigenvalue weighted by molar-refractivity contribution is 7.22. The summed E-state index contributed by atoms with van der Waals surface area (Å²) in [6.07, 6.45) is 1.94. The van der Waals surface area contributed by atoms with Crippen LogP contribution in [0.5, 0.6) is 5.75 Å². The molecule has 7 heteroatoms. The lowest BCUT2D eigenvalue weighted by atomic mass is 9.99. The van der Waals surface area contributed by atoms with Crippen molar-refractivity contribution in [1.29, 1.82) is 0 Å². The summed E-state index contributed by atoms with van der Waals surface area (Å²) < 4.78 is 13.0. The second-order valence-electron chi connectivity index (χ2n) is 7.22. The van der Waals surface area contributed by atoms with E-state index < -0.39 is 0 Å². The number of hydrogen-bond acceptors (Lipinski definition) is 6. The Morgan fingerprint density at radius 2 is 2.00 bits per heavy atom. The molecular weight excluding hydrogens is 444 g/mol. The van der Waals surface area contributed by atoms with Crippen molar-refractivity contribution < 1.29 is 14.3 Å². The van der Waals surface area contributed by atoms with Crippen LogP contribution in [0.4, 0.5) is 0 Å². The first-order chi connectivity index (χ1) is 15.6. The van der Waals surface area contributed by atoms with Gasteiger partial charge in [-0.2, -0.15) is 0 Å². The van der Waals surface area contributed by atoms with Gasteiger partial charge in [0.2, 0.25) is 0 Å². The Bertz CT molecular complexity index is 1260. The maximum Gasteiger partial charge on any atom is 0.310 e. The van der Waals surface area contributed by atoms with Gasteiger partial charge in [0, 0.05) is 28.4 Å². The molecule has 0 aliphatic heterocycles. The molecule has 0 saturated heterocycles. The molecule has 32 heavy (non-hydrogen) atoms. The van der Waals surface area contributed by atoms with Gasteiger partial charge in [-0.05, 0) is 60.0 Å². The smallest absolute Gasteiger partial charge is 0.310 e. The van der Waals surface area contributed by atoms with Crippen molar-refractivity contribution in [2.45, 2.75) is 26.5 Å². The molecule has 4 rings (SSSR count). The third-order valence-electron chi connectivity index (χ3n) is 5.01. The molecule has 0 saturated carbocycles. The summed E-state index contributed by atoms with van der Waals surface area (Å²) in [4.78, 5) is 16.2. The summed E-state index contributed by atoms with van der Waals surface area (Å²) in [7, 11) is 0. The molecule has 0 aliphatic rings. The maximum absolute atomic E-state index is 11.9. The molecule has 0 unspecified atom stereocenters. The van der Waals surface area contributed by atoms with E-state index in [2.05, 4.69) is 17.1 Å². The van der Waals surface area contributed by atoms with Gasteiger partial charge in [-0.25, -0.2) is 0 Å². The minimum atomic E-state index is -0.270. The summed E-state index contributed by atoms with van der Waals surface area (Å²) >= 11 is 7.86. The van der Waals surface area contributed by atoms with Gasteiger partial charge in [0.25, 0.3) is 0 Å². The fourth-order valence-electron chi connectivity index (χ4n) is 3.56. The van der Waals surface area contributed by atoms with Gasteiger partial charge >= 0.3 is 5.97 Å². The van der Waals surface area contributed by atoms with Crippen LogP contribution < -0.4 is 10.5 Å². The van der Waals surface area contributed by atoms with Crippen molar-refractivity contribution in [2.24, 2.45) is 5.73 Å². The molecule has 2 heterocycles. The van der Waals surface area contributed by atoms with E-state index in [1.807, 2.05) is 42.5 Å². The number of hydrogen-bond donors (Lipinski definition) is 1. The van der Waals surface area contributed by atoms with Crippen molar-refractivity contribution in [1.82, 2.24) is 4.98 Å². The number of fused-ring (bicyclic) bond motifs is 1. The van der Waals surface area contributed by atoms with E-state index in [0.717, 1.165) is 42.4 Å². The number of carbonyl (C=O) groups is 1. The average molecular weight is 467 g/mol. The van der Waals surface area contributed by atoms with Crippen LogP contribution in [0.15, 0.2) is 60.8 Å². The van der Waals surface area contributed by atoms with E-state index in [4.69, 9.17) is 26.8 Å².